The Balaban J connectivity index is 0.00000243. The maximum absolute atomic E-state index is 12.5. The van der Waals surface area contributed by atoms with Crippen molar-refractivity contribution in [2.45, 2.75) is 12.3 Å². The van der Waals surface area contributed by atoms with Crippen LogP contribution in [0.15, 0.2) is 35.7 Å². The van der Waals surface area contributed by atoms with Crippen molar-refractivity contribution >= 4 is 39.7 Å². The van der Waals surface area contributed by atoms with E-state index < -0.39 is 10.0 Å². The Morgan fingerprint density at radius 3 is 2.38 bits per heavy atom. The first kappa shape index (κ1) is 20.8. The first-order chi connectivity index (χ1) is 12.0. The molecule has 1 aliphatic rings. The molecule has 2 heterocycles. The quantitative estimate of drug-likeness (QED) is 0.792. The lowest BCUT2D eigenvalue weighted by atomic mass is 10.2. The Hall–Kier alpha value is -1.52. The smallest absolute Gasteiger partial charge is 0.273 e. The van der Waals surface area contributed by atoms with Gasteiger partial charge in [0.15, 0.2) is 0 Å². The standard InChI is InChI=1S/C16H20N4O3S2.ClH/c17-10-15-18-14(11-24-15)16(21)19-6-8-20(9-7-19)25(22,23)12-13-4-2-1-3-5-13;/h1-5,11H,6-10,12,17H2;1H. The van der Waals surface area contributed by atoms with Crippen LogP contribution >= 0.6 is 23.7 Å². The Morgan fingerprint density at radius 1 is 1.15 bits per heavy atom. The van der Waals surface area contributed by atoms with Gasteiger partial charge in [-0.25, -0.2) is 13.4 Å². The molecule has 7 nitrogen and oxygen atoms in total. The number of halogens is 1. The third-order valence-corrected chi connectivity index (χ3v) is 6.78. The van der Waals surface area contributed by atoms with Crippen LogP contribution in [-0.4, -0.2) is 54.7 Å². The van der Waals surface area contributed by atoms with Gasteiger partial charge in [0.05, 0.1) is 5.75 Å². The number of amides is 1. The maximum Gasteiger partial charge on any atom is 0.273 e. The van der Waals surface area contributed by atoms with Gasteiger partial charge in [-0.05, 0) is 5.56 Å². The summed E-state index contributed by atoms with van der Waals surface area (Å²) in [6.45, 7) is 1.64. The van der Waals surface area contributed by atoms with E-state index in [1.165, 1.54) is 15.6 Å². The molecule has 2 N–H and O–H groups in total. The number of piperazine rings is 1. The molecule has 0 spiro atoms. The topological polar surface area (TPSA) is 96.6 Å². The molecule has 1 aromatic carbocycles. The second kappa shape index (κ2) is 8.92. The van der Waals surface area contributed by atoms with Gasteiger partial charge in [-0.1, -0.05) is 30.3 Å². The second-order valence-corrected chi connectivity index (χ2v) is 8.68. The van der Waals surface area contributed by atoms with Crippen molar-refractivity contribution in [3.63, 3.8) is 0 Å². The van der Waals surface area contributed by atoms with Crippen molar-refractivity contribution in [2.75, 3.05) is 26.2 Å². The van der Waals surface area contributed by atoms with Crippen molar-refractivity contribution < 1.29 is 13.2 Å². The molecule has 1 aliphatic heterocycles. The minimum atomic E-state index is -3.38. The predicted octanol–water partition coefficient (Wildman–Crippen LogP) is 1.31. The lowest BCUT2D eigenvalue weighted by Gasteiger charge is -2.33. The van der Waals surface area contributed by atoms with Crippen LogP contribution in [0.1, 0.15) is 21.1 Å². The number of benzene rings is 1. The van der Waals surface area contributed by atoms with Crippen LogP contribution in [0, 0.1) is 0 Å². The van der Waals surface area contributed by atoms with E-state index in [-0.39, 0.29) is 24.1 Å². The van der Waals surface area contributed by atoms with Crippen LogP contribution in [0.4, 0.5) is 0 Å². The summed E-state index contributed by atoms with van der Waals surface area (Å²) in [6.07, 6.45) is 0. The van der Waals surface area contributed by atoms with Crippen LogP contribution in [0.3, 0.4) is 0 Å². The predicted molar refractivity (Wildman–Crippen MR) is 104 cm³/mol. The number of hydrogen-bond acceptors (Lipinski definition) is 6. The molecule has 0 aliphatic carbocycles. The van der Waals surface area contributed by atoms with E-state index in [1.54, 1.807) is 22.4 Å². The summed E-state index contributed by atoms with van der Waals surface area (Å²) in [6, 6.07) is 9.11. The van der Waals surface area contributed by atoms with Crippen LogP contribution < -0.4 is 5.73 Å². The Labute approximate surface area is 163 Å². The van der Waals surface area contributed by atoms with Crippen molar-refractivity contribution in [3.8, 4) is 0 Å². The molecular weight excluding hydrogens is 396 g/mol. The molecule has 3 rings (SSSR count). The lowest BCUT2D eigenvalue weighted by molar-refractivity contribution is 0.0692. The minimum Gasteiger partial charge on any atom is -0.335 e. The van der Waals surface area contributed by atoms with Crippen LogP contribution in [-0.2, 0) is 22.3 Å². The molecular formula is C16H21ClN4O3S2. The molecule has 10 heteroatoms. The Kier molecular flexibility index (Phi) is 7.13. The van der Waals surface area contributed by atoms with Gasteiger partial charge in [-0.15, -0.1) is 23.7 Å². The Bertz CT molecular complexity index is 834. The lowest BCUT2D eigenvalue weighted by Crippen LogP contribution is -2.50. The van der Waals surface area contributed by atoms with E-state index in [0.29, 0.717) is 43.4 Å². The SMILES string of the molecule is Cl.NCc1nc(C(=O)N2CCN(S(=O)(=O)Cc3ccccc3)CC2)cs1. The zero-order chi connectivity index (χ0) is 17.9. The zero-order valence-corrected chi connectivity index (χ0v) is 16.5. The van der Waals surface area contributed by atoms with Crippen molar-refractivity contribution in [1.29, 1.82) is 0 Å². The first-order valence-corrected chi connectivity index (χ1v) is 10.4. The number of nitrogens with two attached hydrogens (primary N) is 1. The molecule has 1 aromatic heterocycles. The summed E-state index contributed by atoms with van der Waals surface area (Å²) >= 11 is 1.36. The normalized spacial score (nSPS) is 15.5. The highest BCUT2D eigenvalue weighted by Gasteiger charge is 2.30. The molecule has 1 amide bonds. The van der Waals surface area contributed by atoms with Crippen LogP contribution in [0.2, 0.25) is 0 Å². The zero-order valence-electron chi connectivity index (χ0n) is 14.1. The highest BCUT2D eigenvalue weighted by Crippen LogP contribution is 2.16. The third kappa shape index (κ3) is 4.80. The van der Waals surface area contributed by atoms with Crippen LogP contribution in [0.25, 0.3) is 0 Å². The molecule has 0 saturated carbocycles. The van der Waals surface area contributed by atoms with E-state index in [9.17, 15) is 13.2 Å². The van der Waals surface area contributed by atoms with Gasteiger partial charge in [-0.3, -0.25) is 4.79 Å². The van der Waals surface area contributed by atoms with Gasteiger partial charge in [0, 0.05) is 38.1 Å². The van der Waals surface area contributed by atoms with E-state index in [0.717, 1.165) is 5.56 Å². The molecule has 142 valence electrons. The van der Waals surface area contributed by atoms with Crippen LogP contribution in [0.5, 0.6) is 0 Å². The third-order valence-electron chi connectivity index (χ3n) is 4.06. The maximum atomic E-state index is 12.5. The number of nitrogens with zero attached hydrogens (tertiary/aromatic N) is 3. The number of hydrogen-bond donors (Lipinski definition) is 1. The van der Waals surface area contributed by atoms with Gasteiger partial charge in [0.2, 0.25) is 10.0 Å². The second-order valence-electron chi connectivity index (χ2n) is 5.76. The largest absolute Gasteiger partial charge is 0.335 e. The molecule has 2 aromatic rings. The molecule has 1 saturated heterocycles. The monoisotopic (exact) mass is 416 g/mol. The van der Waals surface area contributed by atoms with E-state index >= 15 is 0 Å². The number of aromatic nitrogens is 1. The van der Waals surface area contributed by atoms with Crippen molar-refractivity contribution in [2.24, 2.45) is 5.73 Å². The summed E-state index contributed by atoms with van der Waals surface area (Å²) in [4.78, 5) is 18.3. The van der Waals surface area contributed by atoms with Crippen molar-refractivity contribution in [3.05, 3.63) is 52.0 Å². The number of rotatable bonds is 5. The molecule has 26 heavy (non-hydrogen) atoms. The first-order valence-electron chi connectivity index (χ1n) is 7.95. The highest BCUT2D eigenvalue weighted by atomic mass is 35.5. The summed E-state index contributed by atoms with van der Waals surface area (Å²) in [5.41, 5.74) is 6.66. The fourth-order valence-electron chi connectivity index (χ4n) is 2.71. The number of carbonyl (C=O) groups is 1. The van der Waals surface area contributed by atoms with E-state index in [4.69, 9.17) is 5.73 Å². The van der Waals surface area contributed by atoms with E-state index in [1.807, 2.05) is 18.2 Å². The number of sulfonamides is 1. The summed E-state index contributed by atoms with van der Waals surface area (Å²) in [5.74, 6) is -0.190. The number of thiazole rings is 1. The van der Waals surface area contributed by atoms with Gasteiger partial charge in [0.1, 0.15) is 10.7 Å². The van der Waals surface area contributed by atoms with Gasteiger partial charge >= 0.3 is 0 Å². The highest BCUT2D eigenvalue weighted by molar-refractivity contribution is 7.88. The summed E-state index contributed by atoms with van der Waals surface area (Å²) in [5, 5.41) is 2.41. The fraction of sp³-hybridized carbons (Fsp3) is 0.375. The molecule has 0 radical (unpaired) electrons. The van der Waals surface area contributed by atoms with Gasteiger partial charge < -0.3 is 10.6 Å². The average molecular weight is 417 g/mol. The fourth-order valence-corrected chi connectivity index (χ4v) is 4.87. The number of carbonyl (C=O) groups excluding carboxylic acids is 1. The molecule has 0 atom stereocenters. The van der Waals surface area contributed by atoms with Crippen molar-refractivity contribution in [1.82, 2.24) is 14.2 Å². The molecule has 0 bridgehead atoms. The molecule has 0 unspecified atom stereocenters. The van der Waals surface area contributed by atoms with Gasteiger partial charge in [0.25, 0.3) is 5.91 Å². The van der Waals surface area contributed by atoms with Gasteiger partial charge in [-0.2, -0.15) is 4.31 Å². The Morgan fingerprint density at radius 2 is 1.81 bits per heavy atom. The van der Waals surface area contributed by atoms with E-state index in [2.05, 4.69) is 4.98 Å². The molecule has 1 fully saturated rings. The summed E-state index contributed by atoms with van der Waals surface area (Å²) in [7, 11) is -3.38. The average Bonchev–Trinajstić information content (AvgIpc) is 3.11. The summed E-state index contributed by atoms with van der Waals surface area (Å²) < 4.78 is 26.5. The minimum absolute atomic E-state index is 0.